The number of nitrogens with one attached hydrogen (secondary N) is 1. The predicted octanol–water partition coefficient (Wildman–Crippen LogP) is 2.11. The molecule has 4 saturated carbocycles. The fraction of sp³-hybridized carbons (Fsp3) is 1.00. The Kier molecular flexibility index (Phi) is 4.63. The molecule has 4 fully saturated rings. The van der Waals surface area contributed by atoms with E-state index >= 15 is 0 Å². The Labute approximate surface area is 129 Å². The third-order valence-corrected chi connectivity index (χ3v) is 8.18. The zero-order valence-electron chi connectivity index (χ0n) is 13.1. The zero-order valence-corrected chi connectivity index (χ0v) is 13.9. The lowest BCUT2D eigenvalue weighted by atomic mass is 9.50. The van der Waals surface area contributed by atoms with E-state index in [4.69, 9.17) is 5.84 Å². The Bertz CT molecular complexity index is 435. The van der Waals surface area contributed by atoms with Gasteiger partial charge in [0.05, 0.1) is 5.75 Å². The Balaban J connectivity index is 1.59. The van der Waals surface area contributed by atoms with Crippen molar-refractivity contribution in [3.8, 4) is 0 Å². The zero-order chi connectivity index (χ0) is 15.0. The summed E-state index contributed by atoms with van der Waals surface area (Å²) in [5.41, 5.74) is 3.04. The fourth-order valence-corrected chi connectivity index (χ4v) is 6.57. The molecule has 4 bridgehead atoms. The molecule has 0 aliphatic heterocycles. The first-order valence-corrected chi connectivity index (χ1v) is 10.5. The molecule has 1 unspecified atom stereocenters. The molecule has 0 radical (unpaired) electrons. The van der Waals surface area contributed by atoms with Crippen molar-refractivity contribution >= 4 is 9.84 Å². The van der Waals surface area contributed by atoms with Crippen LogP contribution in [0.3, 0.4) is 0 Å². The molecule has 4 aliphatic rings. The van der Waals surface area contributed by atoms with Gasteiger partial charge in [-0.05, 0) is 74.5 Å². The summed E-state index contributed by atoms with van der Waals surface area (Å²) in [4.78, 5) is 0. The van der Waals surface area contributed by atoms with Crippen LogP contribution in [0.5, 0.6) is 0 Å². The Morgan fingerprint density at radius 2 is 1.67 bits per heavy atom. The molecule has 4 rings (SSSR count). The maximum absolute atomic E-state index is 11.6. The minimum Gasteiger partial charge on any atom is -0.271 e. The Morgan fingerprint density at radius 1 is 1.10 bits per heavy atom. The Hall–Kier alpha value is -0.130. The van der Waals surface area contributed by atoms with Crippen molar-refractivity contribution in [2.45, 2.75) is 57.9 Å². The van der Waals surface area contributed by atoms with Gasteiger partial charge in [0.2, 0.25) is 0 Å². The lowest BCUT2D eigenvalue weighted by molar-refractivity contribution is -0.0530. The predicted molar refractivity (Wildman–Crippen MR) is 85.2 cm³/mol. The number of hydrogen-bond acceptors (Lipinski definition) is 4. The molecule has 4 nitrogen and oxygen atoms in total. The maximum atomic E-state index is 11.6. The topological polar surface area (TPSA) is 72.2 Å². The molecule has 0 amide bonds. The molecule has 0 aromatic heterocycles. The monoisotopic (exact) mass is 314 g/mol. The van der Waals surface area contributed by atoms with E-state index in [2.05, 4.69) is 5.43 Å². The first kappa shape index (κ1) is 15.8. The molecule has 21 heavy (non-hydrogen) atoms. The van der Waals surface area contributed by atoms with Gasteiger partial charge in [0.15, 0.2) is 0 Å². The van der Waals surface area contributed by atoms with E-state index in [1.165, 1.54) is 32.1 Å². The van der Waals surface area contributed by atoms with Gasteiger partial charge in [-0.25, -0.2) is 8.42 Å². The van der Waals surface area contributed by atoms with Gasteiger partial charge in [0.25, 0.3) is 0 Å². The van der Waals surface area contributed by atoms with Crippen LogP contribution in [0, 0.1) is 29.6 Å². The summed E-state index contributed by atoms with van der Waals surface area (Å²) in [6, 6.07) is 0.312. The average Bonchev–Trinajstić information content (AvgIpc) is 2.44. The first-order chi connectivity index (χ1) is 10.0. The second kappa shape index (κ2) is 6.17. The minimum absolute atomic E-state index is 0.256. The number of hydrogen-bond donors (Lipinski definition) is 2. The fourth-order valence-electron chi connectivity index (χ4n) is 5.68. The highest BCUT2D eigenvalue weighted by molar-refractivity contribution is 7.91. The van der Waals surface area contributed by atoms with Crippen LogP contribution >= 0.6 is 0 Å². The number of sulfone groups is 1. The summed E-state index contributed by atoms with van der Waals surface area (Å²) in [6.07, 6.45) is 8.68. The van der Waals surface area contributed by atoms with Gasteiger partial charge in [-0.15, -0.1) is 0 Å². The second-order valence-electron chi connectivity index (χ2n) is 7.66. The smallest absolute Gasteiger partial charge is 0.150 e. The maximum Gasteiger partial charge on any atom is 0.150 e. The Morgan fingerprint density at radius 3 is 2.14 bits per heavy atom. The number of rotatable bonds is 7. The molecular formula is C16H30N2O2S. The van der Waals surface area contributed by atoms with Crippen molar-refractivity contribution in [3.63, 3.8) is 0 Å². The molecule has 0 aromatic carbocycles. The van der Waals surface area contributed by atoms with E-state index in [0.717, 1.165) is 36.5 Å². The molecule has 0 heterocycles. The van der Waals surface area contributed by atoms with Gasteiger partial charge < -0.3 is 0 Å². The van der Waals surface area contributed by atoms with Crippen LogP contribution in [0.1, 0.15) is 51.9 Å². The quantitative estimate of drug-likeness (QED) is 0.557. The summed E-state index contributed by atoms with van der Waals surface area (Å²) >= 11 is 0. The molecule has 0 saturated heterocycles. The summed E-state index contributed by atoms with van der Waals surface area (Å²) in [7, 11) is -2.84. The van der Waals surface area contributed by atoms with E-state index in [1.54, 1.807) is 6.92 Å². The molecular weight excluding hydrogens is 284 g/mol. The largest absolute Gasteiger partial charge is 0.271 e. The van der Waals surface area contributed by atoms with Gasteiger partial charge in [-0.1, -0.05) is 6.92 Å². The lowest BCUT2D eigenvalue weighted by Crippen LogP contribution is -2.54. The van der Waals surface area contributed by atoms with Gasteiger partial charge >= 0.3 is 0 Å². The molecule has 0 spiro atoms. The van der Waals surface area contributed by atoms with Crippen molar-refractivity contribution < 1.29 is 8.42 Å². The van der Waals surface area contributed by atoms with E-state index in [-0.39, 0.29) is 5.75 Å². The van der Waals surface area contributed by atoms with Gasteiger partial charge in [0.1, 0.15) is 9.84 Å². The summed E-state index contributed by atoms with van der Waals surface area (Å²) < 4.78 is 23.3. The molecule has 4 aliphatic carbocycles. The van der Waals surface area contributed by atoms with Crippen molar-refractivity contribution in [3.05, 3.63) is 0 Å². The van der Waals surface area contributed by atoms with E-state index in [9.17, 15) is 8.42 Å². The van der Waals surface area contributed by atoms with Crippen LogP contribution < -0.4 is 11.3 Å². The van der Waals surface area contributed by atoms with E-state index in [1.807, 2.05) is 0 Å². The van der Waals surface area contributed by atoms with E-state index in [0.29, 0.717) is 17.7 Å². The second-order valence-corrected chi connectivity index (χ2v) is 10.1. The SMILES string of the molecule is CCS(=O)(=O)CCCC(NN)C1C2CC3CC(C2)CC1C3. The third kappa shape index (κ3) is 3.30. The third-order valence-electron chi connectivity index (χ3n) is 6.39. The minimum atomic E-state index is -2.84. The molecule has 3 N–H and O–H groups in total. The number of nitrogens with two attached hydrogens (primary N) is 1. The van der Waals surface area contributed by atoms with Gasteiger partial charge in [0, 0.05) is 11.8 Å². The summed E-state index contributed by atoms with van der Waals surface area (Å²) in [6.45, 7) is 1.73. The first-order valence-electron chi connectivity index (χ1n) is 8.69. The van der Waals surface area contributed by atoms with Crippen molar-refractivity contribution in [1.29, 1.82) is 0 Å². The normalized spacial score (nSPS) is 39.6. The summed E-state index contributed by atoms with van der Waals surface area (Å²) in [5.74, 6) is 10.7. The van der Waals surface area contributed by atoms with Gasteiger partial charge in [-0.2, -0.15) is 0 Å². The average molecular weight is 314 g/mol. The van der Waals surface area contributed by atoms with Gasteiger partial charge in [-0.3, -0.25) is 11.3 Å². The standard InChI is InChI=1S/C16H30N2O2S/c1-2-21(19,20)5-3-4-15(18-17)16-13-7-11-6-12(9-13)10-14(16)8-11/h11-16,18H,2-10,17H2,1H3. The number of hydrazine groups is 1. The van der Waals surface area contributed by atoms with Crippen molar-refractivity contribution in [2.24, 2.45) is 35.4 Å². The van der Waals surface area contributed by atoms with E-state index < -0.39 is 9.84 Å². The van der Waals surface area contributed by atoms with Crippen molar-refractivity contribution in [2.75, 3.05) is 11.5 Å². The molecule has 5 heteroatoms. The van der Waals surface area contributed by atoms with Crippen LogP contribution in [0.2, 0.25) is 0 Å². The lowest BCUT2D eigenvalue weighted by Gasteiger charge is -2.56. The van der Waals surface area contributed by atoms with Crippen LogP contribution in [-0.4, -0.2) is 26.0 Å². The molecule has 0 aromatic rings. The van der Waals surface area contributed by atoms with Crippen molar-refractivity contribution in [1.82, 2.24) is 5.43 Å². The molecule has 1 atom stereocenters. The highest BCUT2D eigenvalue weighted by Crippen LogP contribution is 2.57. The molecule has 122 valence electrons. The summed E-state index contributed by atoms with van der Waals surface area (Å²) in [5, 5.41) is 0. The van der Waals surface area contributed by atoms with Crippen LogP contribution in [-0.2, 0) is 9.84 Å². The highest BCUT2D eigenvalue weighted by atomic mass is 32.2. The van der Waals surface area contributed by atoms with Crippen LogP contribution in [0.15, 0.2) is 0 Å². The van der Waals surface area contributed by atoms with Crippen LogP contribution in [0.4, 0.5) is 0 Å². The highest BCUT2D eigenvalue weighted by Gasteiger charge is 2.50. The van der Waals surface area contributed by atoms with Crippen LogP contribution in [0.25, 0.3) is 0 Å².